The van der Waals surface area contributed by atoms with Crippen LogP contribution in [-0.4, -0.2) is 15.6 Å². The molecule has 1 aromatic carbocycles. The van der Waals surface area contributed by atoms with Crippen molar-refractivity contribution in [1.29, 1.82) is 0 Å². The van der Waals surface area contributed by atoms with Crippen molar-refractivity contribution in [3.05, 3.63) is 35.0 Å². The number of aromatic nitrogens is 1. The zero-order valence-electron chi connectivity index (χ0n) is 9.74. The molecule has 16 heavy (non-hydrogen) atoms. The van der Waals surface area contributed by atoms with E-state index >= 15 is 0 Å². The van der Waals surface area contributed by atoms with Crippen molar-refractivity contribution in [2.45, 2.75) is 20.3 Å². The summed E-state index contributed by atoms with van der Waals surface area (Å²) in [5.41, 5.74) is 3.47. The summed E-state index contributed by atoms with van der Waals surface area (Å²) in [6.45, 7) is 3.99. The van der Waals surface area contributed by atoms with Crippen LogP contribution < -0.4 is 0 Å². The van der Waals surface area contributed by atoms with Gasteiger partial charge in [0, 0.05) is 23.6 Å². The van der Waals surface area contributed by atoms with E-state index in [4.69, 9.17) is 0 Å². The van der Waals surface area contributed by atoms with Crippen LogP contribution in [0.4, 0.5) is 0 Å². The lowest BCUT2D eigenvalue weighted by atomic mass is 10.1. The van der Waals surface area contributed by atoms with Crippen LogP contribution in [0.15, 0.2) is 18.2 Å². The number of fused-ring (bicyclic) bond motifs is 1. The molecule has 0 radical (unpaired) electrons. The minimum atomic E-state index is -0.841. The van der Waals surface area contributed by atoms with Crippen LogP contribution in [0, 0.1) is 6.92 Å². The Kier molecular flexibility index (Phi) is 2.46. The quantitative estimate of drug-likeness (QED) is 0.840. The highest BCUT2D eigenvalue weighted by molar-refractivity contribution is 6.05. The van der Waals surface area contributed by atoms with Gasteiger partial charge in [-0.05, 0) is 25.0 Å². The number of carboxylic acids is 1. The van der Waals surface area contributed by atoms with E-state index in [-0.39, 0.29) is 0 Å². The van der Waals surface area contributed by atoms with Crippen LogP contribution in [-0.2, 0) is 13.5 Å². The zero-order valence-corrected chi connectivity index (χ0v) is 9.74. The molecule has 0 fully saturated rings. The summed E-state index contributed by atoms with van der Waals surface area (Å²) in [6.07, 6.45) is 0.728. The van der Waals surface area contributed by atoms with Gasteiger partial charge >= 0.3 is 5.97 Å². The molecule has 84 valence electrons. The van der Waals surface area contributed by atoms with Gasteiger partial charge in [0.15, 0.2) is 0 Å². The number of benzene rings is 1. The predicted molar refractivity (Wildman–Crippen MR) is 64.0 cm³/mol. The van der Waals surface area contributed by atoms with Gasteiger partial charge in [-0.15, -0.1) is 0 Å². The molecule has 0 aliphatic rings. The zero-order chi connectivity index (χ0) is 11.9. The van der Waals surface area contributed by atoms with E-state index in [0.717, 1.165) is 28.6 Å². The average Bonchev–Trinajstić information content (AvgIpc) is 2.51. The van der Waals surface area contributed by atoms with Crippen molar-refractivity contribution >= 4 is 16.9 Å². The van der Waals surface area contributed by atoms with E-state index in [0.29, 0.717) is 5.56 Å². The molecule has 2 aromatic rings. The molecule has 1 aromatic heterocycles. The molecule has 3 heteroatoms. The van der Waals surface area contributed by atoms with Crippen molar-refractivity contribution in [2.24, 2.45) is 7.05 Å². The number of rotatable bonds is 2. The van der Waals surface area contributed by atoms with Crippen molar-refractivity contribution in [3.63, 3.8) is 0 Å². The number of hydrogen-bond donors (Lipinski definition) is 1. The summed E-state index contributed by atoms with van der Waals surface area (Å²) in [4.78, 5) is 11.3. The normalized spacial score (nSPS) is 10.9. The van der Waals surface area contributed by atoms with E-state index in [9.17, 15) is 9.90 Å². The molecule has 0 saturated heterocycles. The van der Waals surface area contributed by atoms with E-state index in [1.54, 1.807) is 0 Å². The van der Waals surface area contributed by atoms with Crippen LogP contribution in [0.5, 0.6) is 0 Å². The maximum absolute atomic E-state index is 11.3. The first-order valence-electron chi connectivity index (χ1n) is 5.37. The lowest BCUT2D eigenvalue weighted by Crippen LogP contribution is -2.02. The second-order valence-electron chi connectivity index (χ2n) is 4.06. The minimum Gasteiger partial charge on any atom is -0.478 e. The second-order valence-corrected chi connectivity index (χ2v) is 4.06. The van der Waals surface area contributed by atoms with Crippen molar-refractivity contribution in [3.8, 4) is 0 Å². The van der Waals surface area contributed by atoms with Gasteiger partial charge in [-0.3, -0.25) is 0 Å². The number of aryl methyl sites for hydroxylation is 2. The molecular formula is C13H15NO2. The van der Waals surface area contributed by atoms with Crippen molar-refractivity contribution in [2.75, 3.05) is 0 Å². The molecule has 0 spiro atoms. The summed E-state index contributed by atoms with van der Waals surface area (Å²) in [5.74, 6) is -0.841. The maximum Gasteiger partial charge on any atom is 0.338 e. The highest BCUT2D eigenvalue weighted by Gasteiger charge is 2.18. The Hall–Kier alpha value is -1.77. The third kappa shape index (κ3) is 1.40. The van der Waals surface area contributed by atoms with Gasteiger partial charge in [0.25, 0.3) is 0 Å². The van der Waals surface area contributed by atoms with Crippen LogP contribution in [0.2, 0.25) is 0 Å². The molecular weight excluding hydrogens is 202 g/mol. The highest BCUT2D eigenvalue weighted by Crippen LogP contribution is 2.26. The van der Waals surface area contributed by atoms with Gasteiger partial charge in [-0.1, -0.05) is 19.1 Å². The predicted octanol–water partition coefficient (Wildman–Crippen LogP) is 2.75. The molecule has 0 atom stereocenters. The Balaban J connectivity index is 2.91. The molecule has 1 N–H and O–H groups in total. The Morgan fingerprint density at radius 2 is 2.12 bits per heavy atom. The third-order valence-electron chi connectivity index (χ3n) is 3.03. The topological polar surface area (TPSA) is 42.2 Å². The van der Waals surface area contributed by atoms with Gasteiger partial charge in [0.1, 0.15) is 0 Å². The van der Waals surface area contributed by atoms with Gasteiger partial charge in [-0.2, -0.15) is 0 Å². The first-order chi connectivity index (χ1) is 7.56. The largest absolute Gasteiger partial charge is 0.478 e. The maximum atomic E-state index is 11.3. The number of nitrogens with zero attached hydrogens (tertiary/aromatic N) is 1. The molecule has 0 aliphatic carbocycles. The van der Waals surface area contributed by atoms with Crippen LogP contribution in [0.3, 0.4) is 0 Å². The number of carboxylic acid groups (broad SMARTS) is 1. The summed E-state index contributed by atoms with van der Waals surface area (Å²) >= 11 is 0. The fourth-order valence-electron chi connectivity index (χ4n) is 2.25. The van der Waals surface area contributed by atoms with E-state index < -0.39 is 5.97 Å². The summed E-state index contributed by atoms with van der Waals surface area (Å²) in [5, 5.41) is 10.1. The average molecular weight is 217 g/mol. The van der Waals surface area contributed by atoms with Crippen molar-refractivity contribution in [1.82, 2.24) is 4.57 Å². The molecule has 0 unspecified atom stereocenters. The molecule has 3 nitrogen and oxygen atoms in total. The molecule has 0 amide bonds. The molecule has 0 saturated carbocycles. The molecule has 1 heterocycles. The molecule has 0 bridgehead atoms. The monoisotopic (exact) mass is 217 g/mol. The Morgan fingerprint density at radius 3 is 2.69 bits per heavy atom. The standard InChI is InChI=1S/C13H15NO2/c1-4-10-12(13(15)16)9-6-5-8(2)7-11(9)14(10)3/h5-7H,4H2,1-3H3,(H,15,16). The highest BCUT2D eigenvalue weighted by atomic mass is 16.4. The first kappa shape index (κ1) is 10.7. The first-order valence-corrected chi connectivity index (χ1v) is 5.37. The summed E-state index contributed by atoms with van der Waals surface area (Å²) in [6, 6.07) is 5.88. The third-order valence-corrected chi connectivity index (χ3v) is 3.03. The number of aromatic carboxylic acids is 1. The SMILES string of the molecule is CCc1c(C(=O)O)c2ccc(C)cc2n1C. The fraction of sp³-hybridized carbons (Fsp3) is 0.308. The summed E-state index contributed by atoms with van der Waals surface area (Å²) in [7, 11) is 1.92. The van der Waals surface area contributed by atoms with E-state index in [1.807, 2.05) is 43.7 Å². The van der Waals surface area contributed by atoms with E-state index in [2.05, 4.69) is 0 Å². The fourth-order valence-corrected chi connectivity index (χ4v) is 2.25. The van der Waals surface area contributed by atoms with Crippen LogP contribution >= 0.6 is 0 Å². The lowest BCUT2D eigenvalue weighted by Gasteiger charge is -2.01. The van der Waals surface area contributed by atoms with Gasteiger partial charge in [0.05, 0.1) is 5.56 Å². The molecule has 2 rings (SSSR count). The van der Waals surface area contributed by atoms with Crippen molar-refractivity contribution < 1.29 is 9.90 Å². The Bertz CT molecular complexity index is 567. The Morgan fingerprint density at radius 1 is 1.44 bits per heavy atom. The number of carbonyl (C=O) groups is 1. The molecule has 0 aliphatic heterocycles. The Labute approximate surface area is 94.3 Å². The van der Waals surface area contributed by atoms with Gasteiger partial charge in [-0.25, -0.2) is 4.79 Å². The van der Waals surface area contributed by atoms with Gasteiger partial charge in [0.2, 0.25) is 0 Å². The smallest absolute Gasteiger partial charge is 0.338 e. The van der Waals surface area contributed by atoms with E-state index in [1.165, 1.54) is 0 Å². The summed E-state index contributed by atoms with van der Waals surface area (Å²) < 4.78 is 1.98. The minimum absolute atomic E-state index is 0.444. The van der Waals surface area contributed by atoms with Crippen LogP contribution in [0.25, 0.3) is 10.9 Å². The second kappa shape index (κ2) is 3.67. The number of hydrogen-bond acceptors (Lipinski definition) is 1. The van der Waals surface area contributed by atoms with Gasteiger partial charge < -0.3 is 9.67 Å². The van der Waals surface area contributed by atoms with Crippen LogP contribution in [0.1, 0.15) is 28.5 Å². The lowest BCUT2D eigenvalue weighted by molar-refractivity contribution is 0.0697.